The second-order valence-corrected chi connectivity index (χ2v) is 8.43. The van der Waals surface area contributed by atoms with Gasteiger partial charge in [0.05, 0.1) is 6.54 Å². The van der Waals surface area contributed by atoms with Gasteiger partial charge in [-0.05, 0) is 37.8 Å². The van der Waals surface area contributed by atoms with Crippen LogP contribution in [0, 0.1) is 11.8 Å². The third kappa shape index (κ3) is 4.84. The fourth-order valence-electron chi connectivity index (χ4n) is 3.42. The molecule has 0 aromatic carbocycles. The summed E-state index contributed by atoms with van der Waals surface area (Å²) < 4.78 is 5.69. The van der Waals surface area contributed by atoms with Crippen molar-refractivity contribution in [2.75, 3.05) is 18.4 Å². The lowest BCUT2D eigenvalue weighted by molar-refractivity contribution is -0.135. The molecule has 29 heavy (non-hydrogen) atoms. The highest BCUT2D eigenvalue weighted by molar-refractivity contribution is 7.14. The van der Waals surface area contributed by atoms with Gasteiger partial charge in [-0.2, -0.15) is 0 Å². The Bertz CT molecular complexity index is 909. The van der Waals surface area contributed by atoms with Crippen molar-refractivity contribution in [2.45, 2.75) is 39.2 Å². The Hall–Kier alpha value is -2.68. The van der Waals surface area contributed by atoms with Crippen LogP contribution in [-0.4, -0.2) is 40.7 Å². The second kappa shape index (κ2) is 8.36. The van der Waals surface area contributed by atoms with Gasteiger partial charge in [-0.25, -0.2) is 4.98 Å². The Kier molecular flexibility index (Phi) is 5.66. The first kappa shape index (κ1) is 19.6. The van der Waals surface area contributed by atoms with Crippen LogP contribution in [0.3, 0.4) is 0 Å². The summed E-state index contributed by atoms with van der Waals surface area (Å²) in [5.74, 6) is 1.45. The highest BCUT2D eigenvalue weighted by atomic mass is 32.1. The van der Waals surface area contributed by atoms with Crippen molar-refractivity contribution in [2.24, 2.45) is 11.8 Å². The topological polar surface area (TPSA) is 105 Å². The summed E-state index contributed by atoms with van der Waals surface area (Å²) in [4.78, 5) is 42.0. The predicted molar refractivity (Wildman–Crippen MR) is 108 cm³/mol. The molecule has 0 bridgehead atoms. The molecule has 2 aromatic rings. The molecule has 1 aliphatic carbocycles. The van der Waals surface area contributed by atoms with E-state index < -0.39 is 0 Å². The van der Waals surface area contributed by atoms with E-state index in [1.165, 1.54) is 18.3 Å². The van der Waals surface area contributed by atoms with Gasteiger partial charge in [0.15, 0.2) is 10.9 Å². The Labute approximate surface area is 172 Å². The summed E-state index contributed by atoms with van der Waals surface area (Å²) in [6.07, 6.45) is 3.40. The van der Waals surface area contributed by atoms with E-state index in [1.807, 2.05) is 10.3 Å². The van der Waals surface area contributed by atoms with E-state index in [2.05, 4.69) is 15.6 Å². The maximum atomic E-state index is 12.6. The minimum Gasteiger partial charge on any atom is -0.458 e. The zero-order valence-electron chi connectivity index (χ0n) is 16.3. The fraction of sp³-hybridized carbons (Fsp3) is 0.500. The van der Waals surface area contributed by atoms with Crippen molar-refractivity contribution in [3.05, 3.63) is 23.3 Å². The lowest BCUT2D eigenvalue weighted by Gasteiger charge is -2.31. The van der Waals surface area contributed by atoms with Crippen molar-refractivity contribution < 1.29 is 18.8 Å². The van der Waals surface area contributed by atoms with Crippen LogP contribution in [0.5, 0.6) is 0 Å². The standard InChI is InChI=1S/C20H24N4O4S/c1-12(25)21-10-15-4-5-17(28-15)16-11-29-20(22-16)23-18(26)13-6-8-24(9-7-13)19(27)14-2-3-14/h4-5,11,13-14H,2-3,6-10H2,1H3,(H,21,25)(H,22,23,26). The first-order valence-corrected chi connectivity index (χ1v) is 10.8. The molecule has 1 aliphatic heterocycles. The van der Waals surface area contributed by atoms with Gasteiger partial charge in [-0.3, -0.25) is 14.4 Å². The number of amides is 3. The van der Waals surface area contributed by atoms with Crippen LogP contribution in [0.25, 0.3) is 11.5 Å². The third-order valence-corrected chi connectivity index (χ3v) is 6.02. The maximum absolute atomic E-state index is 12.6. The SMILES string of the molecule is CC(=O)NCc1ccc(-c2csc(NC(=O)C3CCN(C(=O)C4CC4)CC3)n2)o1. The van der Waals surface area contributed by atoms with E-state index in [1.54, 1.807) is 12.1 Å². The summed E-state index contributed by atoms with van der Waals surface area (Å²) >= 11 is 1.34. The summed E-state index contributed by atoms with van der Waals surface area (Å²) in [6, 6.07) is 3.59. The van der Waals surface area contributed by atoms with Gasteiger partial charge >= 0.3 is 0 Å². The van der Waals surface area contributed by atoms with Gasteiger partial charge in [0.25, 0.3) is 0 Å². The number of piperidine rings is 1. The van der Waals surface area contributed by atoms with Gasteiger partial charge in [0.2, 0.25) is 17.7 Å². The largest absolute Gasteiger partial charge is 0.458 e. The normalized spacial score (nSPS) is 17.2. The van der Waals surface area contributed by atoms with Crippen LogP contribution in [0.15, 0.2) is 21.9 Å². The molecule has 154 valence electrons. The Morgan fingerprint density at radius 3 is 2.62 bits per heavy atom. The molecular weight excluding hydrogens is 392 g/mol. The quantitative estimate of drug-likeness (QED) is 0.753. The third-order valence-electron chi connectivity index (χ3n) is 5.26. The highest BCUT2D eigenvalue weighted by Gasteiger charge is 2.36. The number of likely N-dealkylation sites (tertiary alicyclic amines) is 1. The molecule has 2 aliphatic rings. The predicted octanol–water partition coefficient (Wildman–Crippen LogP) is 2.63. The molecule has 3 heterocycles. The number of hydrogen-bond donors (Lipinski definition) is 2. The first-order chi connectivity index (χ1) is 14.0. The molecule has 2 N–H and O–H groups in total. The fourth-order valence-corrected chi connectivity index (χ4v) is 4.13. The van der Waals surface area contributed by atoms with E-state index in [0.29, 0.717) is 54.8 Å². The van der Waals surface area contributed by atoms with Gasteiger partial charge < -0.3 is 20.0 Å². The van der Waals surface area contributed by atoms with Crippen molar-refractivity contribution in [3.8, 4) is 11.5 Å². The van der Waals surface area contributed by atoms with Crippen LogP contribution < -0.4 is 10.6 Å². The van der Waals surface area contributed by atoms with Crippen LogP contribution >= 0.6 is 11.3 Å². The van der Waals surface area contributed by atoms with E-state index in [-0.39, 0.29) is 29.6 Å². The number of carbonyl (C=O) groups excluding carboxylic acids is 3. The van der Waals surface area contributed by atoms with E-state index >= 15 is 0 Å². The average molecular weight is 417 g/mol. The average Bonchev–Trinajstić information content (AvgIpc) is 3.28. The van der Waals surface area contributed by atoms with E-state index in [9.17, 15) is 14.4 Å². The summed E-state index contributed by atoms with van der Waals surface area (Å²) in [5.41, 5.74) is 0.643. The van der Waals surface area contributed by atoms with Gasteiger partial charge in [0.1, 0.15) is 11.5 Å². The Morgan fingerprint density at radius 1 is 1.17 bits per heavy atom. The first-order valence-electron chi connectivity index (χ1n) is 9.88. The minimum absolute atomic E-state index is 0.0461. The summed E-state index contributed by atoms with van der Waals surface area (Å²) in [5, 5.41) is 7.93. The number of nitrogens with zero attached hydrogens (tertiary/aromatic N) is 2. The number of nitrogens with one attached hydrogen (secondary N) is 2. The van der Waals surface area contributed by atoms with Crippen LogP contribution in [0.1, 0.15) is 38.4 Å². The molecule has 0 radical (unpaired) electrons. The van der Waals surface area contributed by atoms with E-state index in [4.69, 9.17) is 4.42 Å². The molecule has 9 heteroatoms. The maximum Gasteiger partial charge on any atom is 0.229 e. The number of thiazole rings is 1. The number of aromatic nitrogens is 1. The van der Waals surface area contributed by atoms with E-state index in [0.717, 1.165) is 12.8 Å². The summed E-state index contributed by atoms with van der Waals surface area (Å²) in [6.45, 7) is 3.08. The van der Waals surface area contributed by atoms with Crippen molar-refractivity contribution in [1.82, 2.24) is 15.2 Å². The number of carbonyl (C=O) groups is 3. The molecule has 4 rings (SSSR count). The van der Waals surface area contributed by atoms with Crippen LogP contribution in [0.2, 0.25) is 0 Å². The molecule has 1 saturated heterocycles. The molecule has 3 amide bonds. The lowest BCUT2D eigenvalue weighted by atomic mass is 9.95. The monoisotopic (exact) mass is 416 g/mol. The number of anilines is 1. The molecule has 2 fully saturated rings. The minimum atomic E-state index is -0.121. The molecule has 1 saturated carbocycles. The zero-order valence-corrected chi connectivity index (χ0v) is 17.1. The van der Waals surface area contributed by atoms with Gasteiger partial charge in [0, 0.05) is 37.2 Å². The summed E-state index contributed by atoms with van der Waals surface area (Å²) in [7, 11) is 0. The van der Waals surface area contributed by atoms with Gasteiger partial charge in [-0.15, -0.1) is 11.3 Å². The van der Waals surface area contributed by atoms with Crippen LogP contribution in [0.4, 0.5) is 5.13 Å². The van der Waals surface area contributed by atoms with Crippen molar-refractivity contribution in [1.29, 1.82) is 0 Å². The second-order valence-electron chi connectivity index (χ2n) is 7.58. The molecule has 0 atom stereocenters. The van der Waals surface area contributed by atoms with Crippen LogP contribution in [-0.2, 0) is 20.9 Å². The van der Waals surface area contributed by atoms with Crippen molar-refractivity contribution >= 4 is 34.2 Å². The Morgan fingerprint density at radius 2 is 1.93 bits per heavy atom. The number of furan rings is 1. The lowest BCUT2D eigenvalue weighted by Crippen LogP contribution is -2.42. The molecule has 2 aromatic heterocycles. The number of hydrogen-bond acceptors (Lipinski definition) is 6. The molecule has 0 spiro atoms. The molecule has 0 unspecified atom stereocenters. The molecule has 8 nitrogen and oxygen atoms in total. The number of rotatable bonds is 6. The van der Waals surface area contributed by atoms with Gasteiger partial charge in [-0.1, -0.05) is 0 Å². The van der Waals surface area contributed by atoms with Crippen molar-refractivity contribution in [3.63, 3.8) is 0 Å². The Balaban J connectivity index is 1.29. The zero-order chi connectivity index (χ0) is 20.4. The highest BCUT2D eigenvalue weighted by Crippen LogP contribution is 2.33. The smallest absolute Gasteiger partial charge is 0.229 e. The molecular formula is C20H24N4O4S.